The largest absolute Gasteiger partial charge is 0.350 e. The topological polar surface area (TPSA) is 42.0 Å². The van der Waals surface area contributed by atoms with Crippen LogP contribution in [0.2, 0.25) is 0 Å². The number of nitrogens with zero attached hydrogens (tertiary/aromatic N) is 1. The van der Waals surface area contributed by atoms with Crippen molar-refractivity contribution in [2.24, 2.45) is 0 Å². The maximum absolute atomic E-state index is 11.6. The van der Waals surface area contributed by atoms with Crippen molar-refractivity contribution in [3.63, 3.8) is 0 Å². The zero-order chi connectivity index (χ0) is 13.0. The fraction of sp³-hybridized carbons (Fsp3) is 0.286. The molecule has 94 valence electrons. The number of rotatable bonds is 4. The standard InChI is InChI=1S/C14H16N2OS/c1-3-10(2)15-13(17)8-9-14-16-11-6-4-5-7-12(11)18-14/h4-10H,3H2,1-2H3,(H,15,17)/b9-8+. The van der Waals surface area contributed by atoms with Crippen LogP contribution in [0.1, 0.15) is 25.3 Å². The molecule has 3 nitrogen and oxygen atoms in total. The van der Waals surface area contributed by atoms with Gasteiger partial charge in [0, 0.05) is 12.1 Å². The van der Waals surface area contributed by atoms with Crippen LogP contribution in [0.4, 0.5) is 0 Å². The van der Waals surface area contributed by atoms with Crippen LogP contribution in [-0.2, 0) is 4.79 Å². The molecule has 1 aromatic carbocycles. The van der Waals surface area contributed by atoms with E-state index in [-0.39, 0.29) is 11.9 Å². The second-order valence-corrected chi connectivity index (χ2v) is 5.23. The summed E-state index contributed by atoms with van der Waals surface area (Å²) in [6.07, 6.45) is 4.24. The Hall–Kier alpha value is -1.68. The highest BCUT2D eigenvalue weighted by atomic mass is 32.1. The molecule has 0 aliphatic carbocycles. The number of hydrogen-bond donors (Lipinski definition) is 1. The molecule has 1 heterocycles. The minimum atomic E-state index is -0.0661. The van der Waals surface area contributed by atoms with Crippen molar-refractivity contribution in [1.82, 2.24) is 10.3 Å². The van der Waals surface area contributed by atoms with Crippen LogP contribution in [0.3, 0.4) is 0 Å². The van der Waals surface area contributed by atoms with Crippen molar-refractivity contribution in [2.45, 2.75) is 26.3 Å². The van der Waals surface area contributed by atoms with Gasteiger partial charge in [0.05, 0.1) is 10.2 Å². The van der Waals surface area contributed by atoms with Gasteiger partial charge in [-0.2, -0.15) is 0 Å². The Bertz CT molecular complexity index is 541. The molecular weight excluding hydrogens is 244 g/mol. The van der Waals surface area contributed by atoms with Gasteiger partial charge < -0.3 is 5.32 Å². The first-order valence-electron chi connectivity index (χ1n) is 6.03. The molecule has 4 heteroatoms. The van der Waals surface area contributed by atoms with E-state index >= 15 is 0 Å². The van der Waals surface area contributed by atoms with E-state index in [1.807, 2.05) is 38.1 Å². The number of amides is 1. The summed E-state index contributed by atoms with van der Waals surface area (Å²) in [7, 11) is 0. The van der Waals surface area contributed by atoms with Gasteiger partial charge in [-0.05, 0) is 31.6 Å². The Morgan fingerprint density at radius 3 is 3.00 bits per heavy atom. The lowest BCUT2D eigenvalue weighted by Gasteiger charge is -2.07. The molecule has 18 heavy (non-hydrogen) atoms. The average Bonchev–Trinajstić information content (AvgIpc) is 2.79. The van der Waals surface area contributed by atoms with Gasteiger partial charge in [0.25, 0.3) is 0 Å². The molecule has 0 spiro atoms. The lowest BCUT2D eigenvalue weighted by atomic mass is 10.2. The van der Waals surface area contributed by atoms with E-state index in [2.05, 4.69) is 10.3 Å². The molecule has 1 amide bonds. The predicted octanol–water partition coefficient (Wildman–Crippen LogP) is 3.22. The Morgan fingerprint density at radius 2 is 2.28 bits per heavy atom. The fourth-order valence-electron chi connectivity index (χ4n) is 1.50. The van der Waals surface area contributed by atoms with Gasteiger partial charge in [-0.3, -0.25) is 4.79 Å². The molecule has 0 fully saturated rings. The molecule has 1 N–H and O–H groups in total. The maximum Gasteiger partial charge on any atom is 0.244 e. The Labute approximate surface area is 111 Å². The molecule has 2 aromatic rings. The number of carbonyl (C=O) groups is 1. The van der Waals surface area contributed by atoms with Crippen LogP contribution in [0.5, 0.6) is 0 Å². The van der Waals surface area contributed by atoms with E-state index in [9.17, 15) is 4.79 Å². The van der Waals surface area contributed by atoms with Crippen molar-refractivity contribution in [1.29, 1.82) is 0 Å². The number of thiazole rings is 1. The van der Waals surface area contributed by atoms with Crippen LogP contribution < -0.4 is 5.32 Å². The second-order valence-electron chi connectivity index (χ2n) is 4.17. The van der Waals surface area contributed by atoms with Gasteiger partial charge in [0.2, 0.25) is 5.91 Å². The highest BCUT2D eigenvalue weighted by Gasteiger charge is 2.03. The highest BCUT2D eigenvalue weighted by Crippen LogP contribution is 2.22. The molecule has 1 aromatic heterocycles. The molecule has 1 atom stereocenters. The number of carbonyl (C=O) groups excluding carboxylic acids is 1. The molecule has 1 unspecified atom stereocenters. The number of nitrogens with one attached hydrogen (secondary N) is 1. The average molecular weight is 260 g/mol. The number of fused-ring (bicyclic) bond motifs is 1. The highest BCUT2D eigenvalue weighted by molar-refractivity contribution is 7.19. The van der Waals surface area contributed by atoms with E-state index in [4.69, 9.17) is 0 Å². The first-order chi connectivity index (χ1) is 8.69. The van der Waals surface area contributed by atoms with Crippen molar-refractivity contribution >= 4 is 33.5 Å². The van der Waals surface area contributed by atoms with Crippen molar-refractivity contribution in [3.05, 3.63) is 35.3 Å². The van der Waals surface area contributed by atoms with E-state index in [0.29, 0.717) is 0 Å². The minimum Gasteiger partial charge on any atom is -0.350 e. The van der Waals surface area contributed by atoms with Gasteiger partial charge in [0.15, 0.2) is 0 Å². The normalized spacial score (nSPS) is 13.0. The van der Waals surface area contributed by atoms with Crippen LogP contribution in [0, 0.1) is 0 Å². The second kappa shape index (κ2) is 5.78. The summed E-state index contributed by atoms with van der Waals surface area (Å²) in [5, 5.41) is 3.74. The number of aromatic nitrogens is 1. The number of hydrogen-bond acceptors (Lipinski definition) is 3. The smallest absolute Gasteiger partial charge is 0.244 e. The van der Waals surface area contributed by atoms with Crippen LogP contribution in [0.25, 0.3) is 16.3 Å². The van der Waals surface area contributed by atoms with Gasteiger partial charge in [-0.25, -0.2) is 4.98 Å². The lowest BCUT2D eigenvalue weighted by Crippen LogP contribution is -2.30. The summed E-state index contributed by atoms with van der Waals surface area (Å²) >= 11 is 1.59. The predicted molar refractivity (Wildman–Crippen MR) is 76.5 cm³/mol. The SMILES string of the molecule is CCC(C)NC(=O)/C=C/c1nc2ccccc2s1. The fourth-order valence-corrected chi connectivity index (χ4v) is 2.37. The van der Waals surface area contributed by atoms with Crippen molar-refractivity contribution in [2.75, 3.05) is 0 Å². The Balaban J connectivity index is 2.06. The van der Waals surface area contributed by atoms with Crippen molar-refractivity contribution < 1.29 is 4.79 Å². The summed E-state index contributed by atoms with van der Waals surface area (Å²) in [6, 6.07) is 8.17. The monoisotopic (exact) mass is 260 g/mol. The molecular formula is C14H16N2OS. The number of benzene rings is 1. The lowest BCUT2D eigenvalue weighted by molar-refractivity contribution is -0.117. The number of para-hydroxylation sites is 1. The third kappa shape index (κ3) is 3.17. The van der Waals surface area contributed by atoms with E-state index < -0.39 is 0 Å². The minimum absolute atomic E-state index is 0.0661. The van der Waals surface area contributed by atoms with Gasteiger partial charge in [-0.1, -0.05) is 19.1 Å². The zero-order valence-electron chi connectivity index (χ0n) is 10.5. The van der Waals surface area contributed by atoms with E-state index in [1.54, 1.807) is 23.5 Å². The third-order valence-electron chi connectivity index (χ3n) is 2.69. The third-order valence-corrected chi connectivity index (χ3v) is 3.69. The summed E-state index contributed by atoms with van der Waals surface area (Å²) in [4.78, 5) is 16.0. The first-order valence-corrected chi connectivity index (χ1v) is 6.85. The Morgan fingerprint density at radius 1 is 1.50 bits per heavy atom. The quantitative estimate of drug-likeness (QED) is 0.858. The zero-order valence-corrected chi connectivity index (χ0v) is 11.3. The summed E-state index contributed by atoms with van der Waals surface area (Å²) in [5.74, 6) is -0.0661. The summed E-state index contributed by atoms with van der Waals surface area (Å²) in [5.41, 5.74) is 0.976. The molecule has 0 saturated carbocycles. The first kappa shape index (κ1) is 12.8. The van der Waals surface area contributed by atoms with Crippen LogP contribution in [-0.4, -0.2) is 16.9 Å². The van der Waals surface area contributed by atoms with Crippen LogP contribution in [0.15, 0.2) is 30.3 Å². The Kier molecular flexibility index (Phi) is 4.10. The van der Waals surface area contributed by atoms with E-state index in [1.165, 1.54) is 0 Å². The molecule has 0 bridgehead atoms. The van der Waals surface area contributed by atoms with Crippen molar-refractivity contribution in [3.8, 4) is 0 Å². The van der Waals surface area contributed by atoms with E-state index in [0.717, 1.165) is 21.6 Å². The molecule has 2 rings (SSSR count). The van der Waals surface area contributed by atoms with Gasteiger partial charge in [0.1, 0.15) is 5.01 Å². The van der Waals surface area contributed by atoms with Gasteiger partial charge in [-0.15, -0.1) is 11.3 Å². The molecule has 0 saturated heterocycles. The molecule has 0 aliphatic rings. The summed E-state index contributed by atoms with van der Waals surface area (Å²) in [6.45, 7) is 4.03. The van der Waals surface area contributed by atoms with Crippen LogP contribution >= 0.6 is 11.3 Å². The van der Waals surface area contributed by atoms with Gasteiger partial charge >= 0.3 is 0 Å². The maximum atomic E-state index is 11.6. The molecule has 0 radical (unpaired) electrons. The summed E-state index contributed by atoms with van der Waals surface area (Å²) < 4.78 is 1.14. The molecule has 0 aliphatic heterocycles.